The van der Waals surface area contributed by atoms with Crippen LogP contribution in [0.2, 0.25) is 0 Å². The van der Waals surface area contributed by atoms with Crippen molar-refractivity contribution in [3.8, 4) is 0 Å². The fourth-order valence-electron chi connectivity index (χ4n) is 3.25. The van der Waals surface area contributed by atoms with Gasteiger partial charge in [0.05, 0.1) is 6.10 Å². The highest BCUT2D eigenvalue weighted by Crippen LogP contribution is 2.22. The highest BCUT2D eigenvalue weighted by molar-refractivity contribution is 5.17. The van der Waals surface area contributed by atoms with Gasteiger partial charge < -0.3 is 5.11 Å². The molecule has 0 spiro atoms. The molecule has 2 nitrogen and oxygen atoms in total. The lowest BCUT2D eigenvalue weighted by atomic mass is 9.94. The Morgan fingerprint density at radius 3 is 1.61 bits per heavy atom. The Morgan fingerprint density at radius 2 is 1.26 bits per heavy atom. The highest BCUT2D eigenvalue weighted by atomic mass is 16.3. The van der Waals surface area contributed by atoms with Gasteiger partial charge in [0, 0.05) is 19.1 Å². The Balaban J connectivity index is 2.25. The van der Waals surface area contributed by atoms with Crippen LogP contribution in [0.5, 0.6) is 0 Å². The predicted molar refractivity (Wildman–Crippen MR) is 97.1 cm³/mol. The van der Waals surface area contributed by atoms with E-state index in [1.54, 1.807) is 0 Å². The summed E-state index contributed by atoms with van der Waals surface area (Å²) in [6, 6.07) is 21.2. The van der Waals surface area contributed by atoms with Gasteiger partial charge in [-0.1, -0.05) is 81.4 Å². The summed E-state index contributed by atoms with van der Waals surface area (Å²) in [4.78, 5) is 2.42. The Labute approximate surface area is 140 Å². The number of aliphatic hydroxyl groups is 1. The Bertz CT molecular complexity index is 511. The summed E-state index contributed by atoms with van der Waals surface area (Å²) in [6.07, 6.45) is 0.477. The van der Waals surface area contributed by atoms with Gasteiger partial charge >= 0.3 is 0 Å². The molecule has 124 valence electrons. The summed E-state index contributed by atoms with van der Waals surface area (Å²) < 4.78 is 0. The van der Waals surface area contributed by atoms with Gasteiger partial charge in [-0.15, -0.1) is 0 Å². The van der Waals surface area contributed by atoms with Gasteiger partial charge in [0.25, 0.3) is 0 Å². The maximum Gasteiger partial charge on any atom is 0.0695 e. The molecule has 2 aromatic rings. The lowest BCUT2D eigenvalue weighted by molar-refractivity contribution is 0.0123. The van der Waals surface area contributed by atoms with Crippen LogP contribution in [-0.4, -0.2) is 22.2 Å². The van der Waals surface area contributed by atoms with E-state index in [0.717, 1.165) is 19.5 Å². The van der Waals surface area contributed by atoms with E-state index in [1.807, 2.05) is 12.1 Å². The van der Waals surface area contributed by atoms with Crippen LogP contribution < -0.4 is 0 Å². The third-order valence-electron chi connectivity index (χ3n) is 4.37. The maximum absolute atomic E-state index is 10.6. The van der Waals surface area contributed by atoms with Crippen LogP contribution in [0.3, 0.4) is 0 Å². The van der Waals surface area contributed by atoms with E-state index < -0.39 is 0 Å². The number of nitrogens with zero attached hydrogens (tertiary/aromatic N) is 1. The second-order valence-electron chi connectivity index (χ2n) is 6.59. The van der Waals surface area contributed by atoms with Gasteiger partial charge in [0.2, 0.25) is 0 Å². The Morgan fingerprint density at radius 1 is 0.826 bits per heavy atom. The molecule has 2 atom stereocenters. The minimum Gasteiger partial charge on any atom is -0.391 e. The fraction of sp³-hybridized carbons (Fsp3) is 0.429. The number of aliphatic hydroxyl groups excluding tert-OH is 1. The Kier molecular flexibility index (Phi) is 6.82. The van der Waals surface area contributed by atoms with Crippen LogP contribution in [0.1, 0.15) is 38.3 Å². The Hall–Kier alpha value is -1.64. The predicted octanol–water partition coefficient (Wildman–Crippen LogP) is 4.48. The van der Waals surface area contributed by atoms with Crippen molar-refractivity contribution >= 4 is 0 Å². The van der Waals surface area contributed by atoms with E-state index in [1.165, 1.54) is 11.1 Å². The summed E-state index contributed by atoms with van der Waals surface area (Å²) >= 11 is 0. The fourth-order valence-corrected chi connectivity index (χ4v) is 3.25. The van der Waals surface area contributed by atoms with E-state index in [-0.39, 0.29) is 12.1 Å². The molecule has 0 aliphatic carbocycles. The van der Waals surface area contributed by atoms with Crippen LogP contribution in [0.25, 0.3) is 0 Å². The van der Waals surface area contributed by atoms with Gasteiger partial charge in [0.15, 0.2) is 0 Å². The van der Waals surface area contributed by atoms with Gasteiger partial charge in [-0.3, -0.25) is 4.90 Å². The van der Waals surface area contributed by atoms with Gasteiger partial charge in [-0.05, 0) is 23.5 Å². The van der Waals surface area contributed by atoms with Crippen LogP contribution in [-0.2, 0) is 13.1 Å². The minimum absolute atomic E-state index is 0.153. The smallest absolute Gasteiger partial charge is 0.0695 e. The van der Waals surface area contributed by atoms with Crippen molar-refractivity contribution in [2.45, 2.75) is 52.4 Å². The molecule has 0 amide bonds. The van der Waals surface area contributed by atoms with E-state index in [4.69, 9.17) is 0 Å². The van der Waals surface area contributed by atoms with Gasteiger partial charge in [-0.2, -0.15) is 0 Å². The van der Waals surface area contributed by atoms with E-state index >= 15 is 0 Å². The number of hydrogen-bond donors (Lipinski definition) is 1. The second kappa shape index (κ2) is 8.85. The molecule has 0 fully saturated rings. The van der Waals surface area contributed by atoms with Crippen molar-refractivity contribution in [3.05, 3.63) is 71.8 Å². The molecule has 0 unspecified atom stereocenters. The molecule has 1 N–H and O–H groups in total. The van der Waals surface area contributed by atoms with Crippen molar-refractivity contribution in [2.24, 2.45) is 5.92 Å². The first-order chi connectivity index (χ1) is 11.1. The van der Waals surface area contributed by atoms with Crippen LogP contribution in [0.4, 0.5) is 0 Å². The zero-order valence-electron chi connectivity index (χ0n) is 14.5. The largest absolute Gasteiger partial charge is 0.391 e. The first kappa shape index (κ1) is 17.7. The first-order valence-electron chi connectivity index (χ1n) is 8.61. The molecule has 2 aromatic carbocycles. The summed E-state index contributed by atoms with van der Waals surface area (Å²) in [5.41, 5.74) is 2.58. The SMILES string of the molecule is CC[C@H](O)[C@H](C(C)C)N(Cc1ccccc1)Cc1ccccc1. The van der Waals surface area contributed by atoms with Crippen molar-refractivity contribution < 1.29 is 5.11 Å². The molecular weight excluding hydrogens is 282 g/mol. The molecule has 2 rings (SSSR count). The normalized spacial score (nSPS) is 14.2. The summed E-state index contributed by atoms with van der Waals surface area (Å²) in [7, 11) is 0. The number of benzene rings is 2. The van der Waals surface area contributed by atoms with Crippen LogP contribution >= 0.6 is 0 Å². The molecule has 0 saturated heterocycles. The molecule has 0 saturated carbocycles. The third kappa shape index (κ3) is 5.19. The zero-order valence-corrected chi connectivity index (χ0v) is 14.5. The van der Waals surface area contributed by atoms with Crippen molar-refractivity contribution in [1.82, 2.24) is 4.90 Å². The molecule has 0 aliphatic rings. The molecule has 0 aromatic heterocycles. The first-order valence-corrected chi connectivity index (χ1v) is 8.61. The molecule has 0 aliphatic heterocycles. The lowest BCUT2D eigenvalue weighted by Gasteiger charge is -2.37. The number of rotatable bonds is 8. The van der Waals surface area contributed by atoms with Gasteiger partial charge in [0.1, 0.15) is 0 Å². The monoisotopic (exact) mass is 311 g/mol. The summed E-state index contributed by atoms with van der Waals surface area (Å²) in [6.45, 7) is 8.17. The molecule has 0 radical (unpaired) electrons. The van der Waals surface area contributed by atoms with Gasteiger partial charge in [-0.25, -0.2) is 0 Å². The van der Waals surface area contributed by atoms with Crippen molar-refractivity contribution in [3.63, 3.8) is 0 Å². The van der Waals surface area contributed by atoms with E-state index in [2.05, 4.69) is 74.2 Å². The quantitative estimate of drug-likeness (QED) is 0.776. The third-order valence-corrected chi connectivity index (χ3v) is 4.37. The standard InChI is InChI=1S/C21H29NO/c1-4-20(23)21(17(2)3)22(15-18-11-7-5-8-12-18)16-19-13-9-6-10-14-19/h5-14,17,20-21,23H,4,15-16H2,1-3H3/t20-,21-/m0/s1. The average molecular weight is 311 g/mol. The molecule has 0 bridgehead atoms. The van der Waals surface area contributed by atoms with Crippen LogP contribution in [0.15, 0.2) is 60.7 Å². The van der Waals surface area contributed by atoms with E-state index in [0.29, 0.717) is 5.92 Å². The summed E-state index contributed by atoms with van der Waals surface area (Å²) in [5, 5.41) is 10.6. The minimum atomic E-state index is -0.303. The maximum atomic E-state index is 10.6. The molecule has 2 heteroatoms. The second-order valence-corrected chi connectivity index (χ2v) is 6.59. The molecule has 23 heavy (non-hydrogen) atoms. The topological polar surface area (TPSA) is 23.5 Å². The molecule has 0 heterocycles. The van der Waals surface area contributed by atoms with Crippen molar-refractivity contribution in [2.75, 3.05) is 0 Å². The van der Waals surface area contributed by atoms with Crippen LogP contribution in [0, 0.1) is 5.92 Å². The number of hydrogen-bond acceptors (Lipinski definition) is 2. The summed E-state index contributed by atoms with van der Waals surface area (Å²) in [5.74, 6) is 0.400. The average Bonchev–Trinajstić information content (AvgIpc) is 2.56. The lowest BCUT2D eigenvalue weighted by Crippen LogP contribution is -2.46. The highest BCUT2D eigenvalue weighted by Gasteiger charge is 2.28. The van der Waals surface area contributed by atoms with E-state index in [9.17, 15) is 5.11 Å². The zero-order chi connectivity index (χ0) is 16.7. The van der Waals surface area contributed by atoms with Crippen molar-refractivity contribution in [1.29, 1.82) is 0 Å². The molecular formula is C21H29NO.